The molecule has 0 aliphatic rings. The topological polar surface area (TPSA) is 97.8 Å². The van der Waals surface area contributed by atoms with E-state index in [0.717, 1.165) is 66.5 Å². The second-order valence-electron chi connectivity index (χ2n) is 8.19. The first-order valence-corrected chi connectivity index (χ1v) is 12.5. The number of carbonyl (C=O) groups is 2. The van der Waals surface area contributed by atoms with Crippen molar-refractivity contribution >= 4 is 34.4 Å². The number of aromatic nitrogens is 1. The van der Waals surface area contributed by atoms with E-state index in [1.165, 1.54) is 6.92 Å². The molecule has 1 aromatic heterocycles. The third-order valence-corrected chi connectivity index (χ3v) is 6.18. The highest BCUT2D eigenvalue weighted by atomic mass is 32.1. The van der Waals surface area contributed by atoms with Crippen LogP contribution in [0.15, 0.2) is 41.3 Å². The summed E-state index contributed by atoms with van der Waals surface area (Å²) in [6.07, 6.45) is 3.46. The molecule has 0 radical (unpaired) electrons. The fraction of sp³-hybridized carbons (Fsp3) is 0.296. The van der Waals surface area contributed by atoms with Gasteiger partial charge in [0.05, 0.1) is 12.8 Å². The molecule has 37 heavy (non-hydrogen) atoms. The van der Waals surface area contributed by atoms with Gasteiger partial charge in [0.2, 0.25) is 0 Å². The number of nitrogens with zero attached hydrogens (tertiary/aromatic N) is 1. The van der Waals surface area contributed by atoms with Crippen LogP contribution in [0.2, 0.25) is 0 Å². The zero-order chi connectivity index (χ0) is 26.9. The number of amides is 1. The molecule has 2 aromatic carbocycles. The largest absolute Gasteiger partial charge is 0.496 e. The third kappa shape index (κ3) is 7.21. The molecule has 0 saturated carbocycles. The fourth-order valence-corrected chi connectivity index (χ4v) is 4.30. The molecular formula is C27H28F2N2O5S. The Morgan fingerprint density at radius 3 is 2.57 bits per heavy atom. The number of aliphatic carboxylic acids is 1. The van der Waals surface area contributed by atoms with Crippen LogP contribution >= 0.6 is 11.3 Å². The van der Waals surface area contributed by atoms with Gasteiger partial charge in [0.1, 0.15) is 17.4 Å². The lowest BCUT2D eigenvalue weighted by molar-refractivity contribution is -0.132. The summed E-state index contributed by atoms with van der Waals surface area (Å²) in [6.45, 7) is 4.67. The van der Waals surface area contributed by atoms with Crippen LogP contribution in [0.4, 0.5) is 13.9 Å². The number of ether oxygens (including phenoxy) is 2. The number of carboxylic acid groups (broad SMARTS) is 1. The predicted octanol–water partition coefficient (Wildman–Crippen LogP) is 6.20. The van der Waals surface area contributed by atoms with Crippen LogP contribution in [-0.4, -0.2) is 42.3 Å². The standard InChI is InChI=1S/C27H28F2N2O5S/c1-4-10-36-11-6-8-17-7-5-9-19(24(17)35-3)23-15-37-27(30-23)31-25(32)18-13-21(28)20(22(29)14-18)12-16(2)26(33)34/h5,7,9,12-15H,4,6,8,10-11H2,1-3H3,(H,33,34)(H,30,31,32)/b16-12+. The van der Waals surface area contributed by atoms with E-state index in [1.54, 1.807) is 12.5 Å². The number of hydrogen-bond donors (Lipinski definition) is 2. The van der Waals surface area contributed by atoms with Gasteiger partial charge in [0.15, 0.2) is 5.13 Å². The van der Waals surface area contributed by atoms with Gasteiger partial charge >= 0.3 is 5.97 Å². The Bertz CT molecular complexity index is 1280. The van der Waals surface area contributed by atoms with Gasteiger partial charge < -0.3 is 14.6 Å². The number of halogens is 2. The van der Waals surface area contributed by atoms with Crippen LogP contribution in [0.1, 0.15) is 48.2 Å². The zero-order valence-electron chi connectivity index (χ0n) is 20.8. The van der Waals surface area contributed by atoms with Crippen LogP contribution in [-0.2, 0) is 16.0 Å². The summed E-state index contributed by atoms with van der Waals surface area (Å²) in [5.41, 5.74) is 1.32. The van der Waals surface area contributed by atoms with Crippen LogP contribution in [0.25, 0.3) is 17.3 Å². The molecule has 1 amide bonds. The normalized spacial score (nSPS) is 11.4. The highest BCUT2D eigenvalue weighted by Crippen LogP contribution is 2.35. The number of aryl methyl sites for hydroxylation is 1. The van der Waals surface area contributed by atoms with E-state index in [0.29, 0.717) is 18.1 Å². The summed E-state index contributed by atoms with van der Waals surface area (Å²) in [6, 6.07) is 7.46. The summed E-state index contributed by atoms with van der Waals surface area (Å²) in [7, 11) is 1.59. The maximum absolute atomic E-state index is 14.4. The minimum atomic E-state index is -1.30. The van der Waals surface area contributed by atoms with Gasteiger partial charge in [-0.05, 0) is 56.0 Å². The molecule has 2 N–H and O–H groups in total. The maximum atomic E-state index is 14.4. The Kier molecular flexibility index (Phi) is 9.87. The molecular weight excluding hydrogens is 502 g/mol. The Labute approximate surface area is 217 Å². The molecule has 1 heterocycles. The minimum absolute atomic E-state index is 0.241. The first-order chi connectivity index (χ1) is 17.7. The monoisotopic (exact) mass is 530 g/mol. The van der Waals surface area contributed by atoms with Crippen molar-refractivity contribution < 1.29 is 33.0 Å². The van der Waals surface area contributed by atoms with Crippen LogP contribution in [0, 0.1) is 11.6 Å². The van der Waals surface area contributed by atoms with Crippen molar-refractivity contribution in [2.24, 2.45) is 0 Å². The molecule has 0 spiro atoms. The number of para-hydroxylation sites is 1. The first-order valence-electron chi connectivity index (χ1n) is 11.7. The van der Waals surface area contributed by atoms with E-state index in [-0.39, 0.29) is 16.3 Å². The van der Waals surface area contributed by atoms with E-state index < -0.39 is 29.1 Å². The van der Waals surface area contributed by atoms with E-state index >= 15 is 0 Å². The molecule has 0 aliphatic heterocycles. The molecule has 3 rings (SSSR count). The zero-order valence-corrected chi connectivity index (χ0v) is 21.6. The van der Waals surface area contributed by atoms with Gasteiger partial charge in [-0.15, -0.1) is 11.3 Å². The third-order valence-electron chi connectivity index (χ3n) is 5.42. The van der Waals surface area contributed by atoms with Crippen LogP contribution in [0.3, 0.4) is 0 Å². The quantitative estimate of drug-likeness (QED) is 0.214. The van der Waals surface area contributed by atoms with Crippen molar-refractivity contribution in [3.63, 3.8) is 0 Å². The number of carboxylic acids is 1. The summed E-state index contributed by atoms with van der Waals surface area (Å²) in [5.74, 6) is -3.47. The maximum Gasteiger partial charge on any atom is 0.331 e. The lowest BCUT2D eigenvalue weighted by Gasteiger charge is -2.12. The molecule has 0 bridgehead atoms. The average Bonchev–Trinajstić information content (AvgIpc) is 3.33. The van der Waals surface area contributed by atoms with Gasteiger partial charge in [-0.3, -0.25) is 10.1 Å². The summed E-state index contributed by atoms with van der Waals surface area (Å²) >= 11 is 1.16. The van der Waals surface area contributed by atoms with Gasteiger partial charge in [0.25, 0.3) is 5.91 Å². The number of methoxy groups -OCH3 is 1. The Morgan fingerprint density at radius 1 is 1.19 bits per heavy atom. The second kappa shape index (κ2) is 13.1. The van der Waals surface area contributed by atoms with Gasteiger partial charge in [0, 0.05) is 40.9 Å². The number of thiazole rings is 1. The smallest absolute Gasteiger partial charge is 0.331 e. The molecule has 0 aliphatic carbocycles. The molecule has 0 unspecified atom stereocenters. The number of nitrogens with one attached hydrogen (secondary N) is 1. The Balaban J connectivity index is 1.76. The van der Waals surface area contributed by atoms with Crippen molar-refractivity contribution in [2.45, 2.75) is 33.1 Å². The average molecular weight is 531 g/mol. The van der Waals surface area contributed by atoms with E-state index in [1.807, 2.05) is 18.2 Å². The summed E-state index contributed by atoms with van der Waals surface area (Å²) in [5, 5.41) is 13.5. The highest BCUT2D eigenvalue weighted by molar-refractivity contribution is 7.14. The predicted molar refractivity (Wildman–Crippen MR) is 139 cm³/mol. The Hall–Kier alpha value is -3.63. The van der Waals surface area contributed by atoms with Crippen molar-refractivity contribution in [3.8, 4) is 17.0 Å². The van der Waals surface area contributed by atoms with Crippen molar-refractivity contribution in [2.75, 3.05) is 25.6 Å². The molecule has 7 nitrogen and oxygen atoms in total. The van der Waals surface area contributed by atoms with E-state index in [4.69, 9.17) is 14.6 Å². The molecule has 0 fully saturated rings. The van der Waals surface area contributed by atoms with E-state index in [9.17, 15) is 18.4 Å². The number of rotatable bonds is 12. The van der Waals surface area contributed by atoms with Crippen LogP contribution < -0.4 is 10.1 Å². The SMILES string of the molecule is CCCOCCCc1cccc(-c2csc(NC(=O)c3cc(F)c(/C=C(\C)C(=O)O)c(F)c3)n2)c1OC. The molecule has 0 atom stereocenters. The number of anilines is 1. The van der Waals surface area contributed by atoms with Gasteiger partial charge in [-0.1, -0.05) is 19.1 Å². The van der Waals surface area contributed by atoms with Gasteiger partial charge in [-0.25, -0.2) is 18.6 Å². The van der Waals surface area contributed by atoms with E-state index in [2.05, 4.69) is 17.2 Å². The number of hydrogen-bond acceptors (Lipinski definition) is 6. The van der Waals surface area contributed by atoms with Crippen LogP contribution in [0.5, 0.6) is 5.75 Å². The first kappa shape index (κ1) is 27.9. The van der Waals surface area contributed by atoms with Crippen molar-refractivity contribution in [3.05, 3.63) is 69.6 Å². The fourth-order valence-electron chi connectivity index (χ4n) is 3.59. The molecule has 3 aromatic rings. The number of benzene rings is 2. The molecule has 10 heteroatoms. The lowest BCUT2D eigenvalue weighted by atomic mass is 10.0. The minimum Gasteiger partial charge on any atom is -0.496 e. The summed E-state index contributed by atoms with van der Waals surface area (Å²) < 4.78 is 40.1. The highest BCUT2D eigenvalue weighted by Gasteiger charge is 2.18. The molecule has 196 valence electrons. The number of carbonyl (C=O) groups excluding carboxylic acids is 1. The van der Waals surface area contributed by atoms with Crippen molar-refractivity contribution in [1.82, 2.24) is 4.98 Å². The lowest BCUT2D eigenvalue weighted by Crippen LogP contribution is -2.13. The van der Waals surface area contributed by atoms with Gasteiger partial charge in [-0.2, -0.15) is 0 Å². The molecule has 0 saturated heterocycles. The summed E-state index contributed by atoms with van der Waals surface area (Å²) in [4.78, 5) is 28.1. The van der Waals surface area contributed by atoms with Crippen molar-refractivity contribution in [1.29, 1.82) is 0 Å². The Morgan fingerprint density at radius 2 is 1.92 bits per heavy atom. The second-order valence-corrected chi connectivity index (χ2v) is 9.05.